The summed E-state index contributed by atoms with van der Waals surface area (Å²) in [5.74, 6) is 1.30. The number of hydrogen-bond donors (Lipinski definition) is 0. The van der Waals surface area contributed by atoms with E-state index in [1.54, 1.807) is 0 Å². The molecule has 5 heteroatoms. The first kappa shape index (κ1) is 40.4. The molecule has 2 aliphatic rings. The van der Waals surface area contributed by atoms with Gasteiger partial charge < -0.3 is 9.97 Å². The number of nitrogens with zero attached hydrogens (tertiary/aromatic N) is 4. The number of pyridine rings is 2. The summed E-state index contributed by atoms with van der Waals surface area (Å²) in [6, 6.07) is 52.4. The molecule has 2 aliphatic carbocycles. The maximum atomic E-state index is 5.31. The molecule has 4 heterocycles. The molecule has 0 N–H and O–H groups in total. The van der Waals surface area contributed by atoms with Crippen molar-refractivity contribution >= 4 is 21.8 Å². The van der Waals surface area contributed by atoms with Crippen LogP contribution in [0.3, 0.4) is 0 Å². The van der Waals surface area contributed by atoms with E-state index in [4.69, 9.17) is 19.9 Å². The Hall–Kier alpha value is -5.05. The van der Waals surface area contributed by atoms with Gasteiger partial charge in [-0.05, 0) is 133 Å². The molecule has 0 aliphatic heterocycles. The Morgan fingerprint density at radius 2 is 0.850 bits per heavy atom. The minimum atomic E-state index is 0. The second-order valence-corrected chi connectivity index (χ2v) is 18.5. The van der Waals surface area contributed by atoms with E-state index in [2.05, 4.69) is 159 Å². The van der Waals surface area contributed by atoms with Gasteiger partial charge in [0.1, 0.15) is 0 Å². The van der Waals surface area contributed by atoms with Gasteiger partial charge in [0.2, 0.25) is 0 Å². The molecule has 0 spiro atoms. The third-order valence-corrected chi connectivity index (χ3v) is 14.1. The Kier molecular flexibility index (Phi) is 11.5. The van der Waals surface area contributed by atoms with Crippen LogP contribution in [-0.2, 0) is 40.3 Å². The first-order valence-electron chi connectivity index (χ1n) is 22.0. The van der Waals surface area contributed by atoms with E-state index in [0.29, 0.717) is 18.3 Å². The van der Waals surface area contributed by atoms with E-state index in [1.807, 2.05) is 0 Å². The van der Waals surface area contributed by atoms with Crippen LogP contribution in [0.5, 0.6) is 0 Å². The summed E-state index contributed by atoms with van der Waals surface area (Å²) in [5.41, 5.74) is 14.2. The van der Waals surface area contributed by atoms with Gasteiger partial charge in [-0.25, -0.2) is 0 Å². The summed E-state index contributed by atoms with van der Waals surface area (Å²) in [4.78, 5) is 21.1. The molecular formula is C55H54N4Pt. The summed E-state index contributed by atoms with van der Waals surface area (Å²) in [6.07, 6.45) is 12.4. The Balaban J connectivity index is 0.00000462. The Labute approximate surface area is 370 Å². The first-order valence-corrected chi connectivity index (χ1v) is 22.0. The molecule has 4 aromatic carbocycles. The number of aromatic nitrogens is 4. The van der Waals surface area contributed by atoms with Gasteiger partial charge in [-0.3, -0.25) is 9.97 Å². The van der Waals surface area contributed by atoms with Crippen LogP contribution in [-0.4, -0.2) is 9.97 Å². The smallest absolute Gasteiger partial charge is 0.655 e. The topological polar surface area (TPSA) is 54.0 Å². The number of benzene rings is 4. The molecule has 60 heavy (non-hydrogen) atoms. The fraction of sp³-hybridized carbons (Fsp3) is 0.309. The maximum absolute atomic E-state index is 5.31. The SMILES string of the molecule is CC1(Cc2c(-c3cccc(Cc4cccc(-c5[n-]c6ccccc6c5CC5(C)CCC(c6ccccc6)CC5)n4)n3)[n-]c3ccccc23)CCC(c2ccccc2)CC1.[Pt+2]. The molecule has 4 nitrogen and oxygen atoms in total. The van der Waals surface area contributed by atoms with E-state index in [0.717, 1.165) is 58.0 Å². The molecule has 0 saturated heterocycles. The molecule has 0 bridgehead atoms. The van der Waals surface area contributed by atoms with Gasteiger partial charge in [-0.2, -0.15) is 0 Å². The van der Waals surface area contributed by atoms with Crippen LogP contribution < -0.4 is 9.97 Å². The van der Waals surface area contributed by atoms with Crippen LogP contribution in [0.25, 0.3) is 44.6 Å². The van der Waals surface area contributed by atoms with Gasteiger partial charge in [0.15, 0.2) is 0 Å². The van der Waals surface area contributed by atoms with Crippen molar-refractivity contribution in [1.82, 2.24) is 19.9 Å². The predicted molar refractivity (Wildman–Crippen MR) is 243 cm³/mol. The van der Waals surface area contributed by atoms with Gasteiger partial charge in [-0.1, -0.05) is 146 Å². The molecule has 0 atom stereocenters. The minimum absolute atomic E-state index is 0. The zero-order valence-electron chi connectivity index (χ0n) is 34.9. The number of hydrogen-bond acceptors (Lipinski definition) is 2. The molecule has 2 fully saturated rings. The van der Waals surface area contributed by atoms with Crippen molar-refractivity contribution in [3.63, 3.8) is 0 Å². The summed E-state index contributed by atoms with van der Waals surface area (Å²) >= 11 is 0. The molecule has 0 radical (unpaired) electrons. The van der Waals surface area contributed by atoms with Crippen LogP contribution >= 0.6 is 0 Å². The Bertz CT molecular complexity index is 2510. The monoisotopic (exact) mass is 965 g/mol. The van der Waals surface area contributed by atoms with Crippen LogP contribution in [0.1, 0.15) is 111 Å². The van der Waals surface area contributed by atoms with Crippen molar-refractivity contribution in [1.29, 1.82) is 0 Å². The van der Waals surface area contributed by atoms with Gasteiger partial charge in [0, 0.05) is 29.2 Å². The third-order valence-electron chi connectivity index (χ3n) is 14.1. The van der Waals surface area contributed by atoms with Crippen molar-refractivity contribution < 1.29 is 21.1 Å². The molecule has 10 rings (SSSR count). The zero-order valence-corrected chi connectivity index (χ0v) is 37.2. The second kappa shape index (κ2) is 17.1. The Morgan fingerprint density at radius 1 is 0.467 bits per heavy atom. The first-order chi connectivity index (χ1) is 28.9. The van der Waals surface area contributed by atoms with E-state index in [9.17, 15) is 0 Å². The summed E-state index contributed by atoms with van der Waals surface area (Å²) in [6.45, 7) is 4.99. The molecule has 8 aromatic rings. The molecular weight excluding hydrogens is 912 g/mol. The van der Waals surface area contributed by atoms with E-state index in [1.165, 1.54) is 84.4 Å². The maximum Gasteiger partial charge on any atom is 2.00 e. The fourth-order valence-corrected chi connectivity index (χ4v) is 10.6. The molecule has 0 unspecified atom stereocenters. The fourth-order valence-electron chi connectivity index (χ4n) is 10.6. The van der Waals surface area contributed by atoms with E-state index in [-0.39, 0.29) is 31.9 Å². The second-order valence-electron chi connectivity index (χ2n) is 18.5. The quantitative estimate of drug-likeness (QED) is 0.137. The van der Waals surface area contributed by atoms with Crippen molar-refractivity contribution in [3.05, 3.63) is 179 Å². The van der Waals surface area contributed by atoms with Gasteiger partial charge in [-0.15, -0.1) is 22.4 Å². The van der Waals surface area contributed by atoms with Gasteiger partial charge >= 0.3 is 21.1 Å². The third kappa shape index (κ3) is 8.33. The zero-order chi connectivity index (χ0) is 39.8. The van der Waals surface area contributed by atoms with E-state index >= 15 is 0 Å². The van der Waals surface area contributed by atoms with Gasteiger partial charge in [0.25, 0.3) is 0 Å². The summed E-state index contributed by atoms with van der Waals surface area (Å²) in [5, 5.41) is 2.53. The number of fused-ring (bicyclic) bond motifs is 2. The minimum Gasteiger partial charge on any atom is -0.655 e. The average Bonchev–Trinajstić information content (AvgIpc) is 3.82. The van der Waals surface area contributed by atoms with E-state index < -0.39 is 0 Å². The van der Waals surface area contributed by atoms with Gasteiger partial charge in [0.05, 0.1) is 0 Å². The van der Waals surface area contributed by atoms with Crippen LogP contribution in [0.15, 0.2) is 146 Å². The van der Waals surface area contributed by atoms with Crippen LogP contribution in [0.4, 0.5) is 0 Å². The standard InChI is InChI=1S/C55H54N4.Pt/c1-54(31-27-40(28-32-54)38-15-5-3-6-16-38)36-46-44-21-9-11-23-48(44)58-52(46)50-25-13-19-42(56-50)35-43-20-14-26-51(57-43)53-47(45-22-10-12-24-49(45)59-53)37-55(2)33-29-41(30-34-55)39-17-7-4-8-18-39;/h3-26,40-41H,27-37H2,1-2H3;/q-2;+2. The molecule has 304 valence electrons. The van der Waals surface area contributed by atoms with Crippen molar-refractivity contribution in [2.75, 3.05) is 0 Å². The van der Waals surface area contributed by atoms with Crippen molar-refractivity contribution in [3.8, 4) is 22.8 Å². The van der Waals surface area contributed by atoms with Crippen LogP contribution in [0.2, 0.25) is 0 Å². The van der Waals surface area contributed by atoms with Crippen molar-refractivity contribution in [2.24, 2.45) is 10.8 Å². The molecule has 0 amide bonds. The number of rotatable bonds is 10. The van der Waals surface area contributed by atoms with Crippen molar-refractivity contribution in [2.45, 2.75) is 96.3 Å². The Morgan fingerprint density at radius 3 is 1.27 bits per heavy atom. The molecule has 2 saturated carbocycles. The average molecular weight is 966 g/mol. The largest absolute Gasteiger partial charge is 2.00 e. The normalized spacial score (nSPS) is 21.8. The van der Waals surface area contributed by atoms with Crippen LogP contribution in [0, 0.1) is 10.8 Å². The summed E-state index contributed by atoms with van der Waals surface area (Å²) < 4.78 is 0. The summed E-state index contributed by atoms with van der Waals surface area (Å²) in [7, 11) is 0. The predicted octanol–water partition coefficient (Wildman–Crippen LogP) is 13.4. The molecule has 4 aromatic heterocycles. The number of para-hydroxylation sites is 2.